The van der Waals surface area contributed by atoms with Crippen molar-refractivity contribution in [3.8, 4) is 0 Å². The summed E-state index contributed by atoms with van der Waals surface area (Å²) >= 11 is 0. The van der Waals surface area contributed by atoms with Crippen molar-refractivity contribution in [2.75, 3.05) is 0 Å². The molecule has 0 fully saturated rings. The minimum Gasteiger partial charge on any atom is -0.478 e. The largest absolute Gasteiger partial charge is 0.478 e. The number of aromatic carboxylic acids is 1. The average Bonchev–Trinajstić information content (AvgIpc) is 3.00. The quantitative estimate of drug-likeness (QED) is 0.770. The summed E-state index contributed by atoms with van der Waals surface area (Å²) in [6.45, 7) is 0.383. The first-order valence-corrected chi connectivity index (χ1v) is 6.66. The molecule has 6 nitrogen and oxygen atoms in total. The molecule has 3 rings (SSSR count). The van der Waals surface area contributed by atoms with E-state index in [4.69, 9.17) is 5.11 Å². The molecule has 110 valence electrons. The van der Waals surface area contributed by atoms with Crippen LogP contribution in [0.25, 0.3) is 5.65 Å². The predicted molar refractivity (Wildman–Crippen MR) is 79.8 cm³/mol. The van der Waals surface area contributed by atoms with Crippen molar-refractivity contribution in [3.63, 3.8) is 0 Å². The zero-order valence-corrected chi connectivity index (χ0v) is 11.6. The second-order valence-corrected chi connectivity index (χ2v) is 4.80. The predicted octanol–water partition coefficient (Wildman–Crippen LogP) is 1.96. The van der Waals surface area contributed by atoms with E-state index in [9.17, 15) is 9.59 Å². The third kappa shape index (κ3) is 2.80. The smallest absolute Gasteiger partial charge is 0.335 e. The minimum absolute atomic E-state index is 0.155. The Morgan fingerprint density at radius 1 is 1.09 bits per heavy atom. The van der Waals surface area contributed by atoms with Gasteiger partial charge in [-0.05, 0) is 35.9 Å². The lowest BCUT2D eigenvalue weighted by molar-refractivity contribution is 0.0696. The number of carbonyl (C=O) groups is 2. The maximum absolute atomic E-state index is 12.0. The van der Waals surface area contributed by atoms with Gasteiger partial charge in [-0.2, -0.15) is 0 Å². The fourth-order valence-corrected chi connectivity index (χ4v) is 2.12. The van der Waals surface area contributed by atoms with Gasteiger partial charge in [-0.25, -0.2) is 9.78 Å². The fourth-order valence-electron chi connectivity index (χ4n) is 2.12. The van der Waals surface area contributed by atoms with Gasteiger partial charge < -0.3 is 14.8 Å². The zero-order chi connectivity index (χ0) is 15.5. The summed E-state index contributed by atoms with van der Waals surface area (Å²) in [4.78, 5) is 27.0. The molecule has 3 aromatic rings. The first-order valence-electron chi connectivity index (χ1n) is 6.66. The molecule has 0 spiro atoms. The Morgan fingerprint density at radius 2 is 1.82 bits per heavy atom. The van der Waals surface area contributed by atoms with Gasteiger partial charge in [0, 0.05) is 30.7 Å². The van der Waals surface area contributed by atoms with E-state index in [1.165, 1.54) is 24.3 Å². The summed E-state index contributed by atoms with van der Waals surface area (Å²) in [5, 5.41) is 11.6. The highest BCUT2D eigenvalue weighted by Crippen LogP contribution is 2.07. The number of hydrogen-bond donors (Lipinski definition) is 2. The monoisotopic (exact) mass is 295 g/mol. The number of rotatable bonds is 4. The number of aromatic nitrogens is 2. The molecule has 0 bridgehead atoms. The normalized spacial score (nSPS) is 10.5. The molecule has 22 heavy (non-hydrogen) atoms. The van der Waals surface area contributed by atoms with E-state index in [0.29, 0.717) is 12.1 Å². The van der Waals surface area contributed by atoms with Crippen molar-refractivity contribution in [2.24, 2.45) is 0 Å². The van der Waals surface area contributed by atoms with Crippen LogP contribution in [-0.2, 0) is 6.54 Å². The second kappa shape index (κ2) is 5.69. The molecule has 0 atom stereocenters. The standard InChI is InChI=1S/C16H13N3O3/c20-15(12-2-4-13(5-3-12)16(21)22)18-9-11-1-6-14-17-7-8-19(14)10-11/h1-8,10H,9H2,(H,18,20)(H,21,22). The van der Waals surface area contributed by atoms with E-state index in [0.717, 1.165) is 11.2 Å². The summed E-state index contributed by atoms with van der Waals surface area (Å²) in [5.41, 5.74) is 2.37. The lowest BCUT2D eigenvalue weighted by atomic mass is 10.1. The van der Waals surface area contributed by atoms with Crippen LogP contribution in [0, 0.1) is 0 Å². The number of hydrogen-bond acceptors (Lipinski definition) is 3. The maximum atomic E-state index is 12.0. The molecule has 1 amide bonds. The number of carboxylic acids is 1. The Labute approximate surface area is 126 Å². The van der Waals surface area contributed by atoms with Crippen LogP contribution in [-0.4, -0.2) is 26.4 Å². The van der Waals surface area contributed by atoms with Crippen molar-refractivity contribution >= 4 is 17.5 Å². The highest BCUT2D eigenvalue weighted by Gasteiger charge is 2.08. The van der Waals surface area contributed by atoms with Gasteiger partial charge in [0.1, 0.15) is 5.65 Å². The summed E-state index contributed by atoms with van der Waals surface area (Å²) in [6.07, 6.45) is 5.45. The fraction of sp³-hybridized carbons (Fsp3) is 0.0625. The van der Waals surface area contributed by atoms with Crippen LogP contribution >= 0.6 is 0 Å². The third-order valence-electron chi connectivity index (χ3n) is 3.30. The summed E-state index contributed by atoms with van der Waals surface area (Å²) in [5.74, 6) is -1.26. The number of benzene rings is 1. The van der Waals surface area contributed by atoms with E-state index < -0.39 is 5.97 Å². The molecule has 1 aromatic carbocycles. The molecule has 0 saturated carbocycles. The zero-order valence-electron chi connectivity index (χ0n) is 11.6. The Morgan fingerprint density at radius 3 is 2.55 bits per heavy atom. The molecule has 2 N–H and O–H groups in total. The van der Waals surface area contributed by atoms with Crippen LogP contribution in [0.15, 0.2) is 55.0 Å². The SMILES string of the molecule is O=C(O)c1ccc(C(=O)NCc2ccc3nccn3c2)cc1. The molecule has 6 heteroatoms. The van der Waals surface area contributed by atoms with Crippen molar-refractivity contribution < 1.29 is 14.7 Å². The molecule has 0 radical (unpaired) electrons. The van der Waals surface area contributed by atoms with E-state index in [1.807, 2.05) is 28.9 Å². The number of carbonyl (C=O) groups excluding carboxylic acids is 1. The Bertz CT molecular complexity index is 837. The van der Waals surface area contributed by atoms with Gasteiger partial charge in [-0.15, -0.1) is 0 Å². The highest BCUT2D eigenvalue weighted by molar-refractivity contribution is 5.95. The highest BCUT2D eigenvalue weighted by atomic mass is 16.4. The van der Waals surface area contributed by atoms with Crippen molar-refractivity contribution in [1.29, 1.82) is 0 Å². The summed E-state index contributed by atoms with van der Waals surface area (Å²) in [6, 6.07) is 9.60. The van der Waals surface area contributed by atoms with Gasteiger partial charge in [0.25, 0.3) is 5.91 Å². The molecule has 2 heterocycles. The lowest BCUT2D eigenvalue weighted by Crippen LogP contribution is -2.23. The van der Waals surface area contributed by atoms with Gasteiger partial charge in [0.2, 0.25) is 0 Å². The van der Waals surface area contributed by atoms with E-state index >= 15 is 0 Å². The van der Waals surface area contributed by atoms with Crippen molar-refractivity contribution in [1.82, 2.24) is 14.7 Å². The Balaban J connectivity index is 1.67. The Hall–Kier alpha value is -3.15. The maximum Gasteiger partial charge on any atom is 0.335 e. The van der Waals surface area contributed by atoms with Crippen molar-refractivity contribution in [2.45, 2.75) is 6.54 Å². The van der Waals surface area contributed by atoms with Gasteiger partial charge in [0.05, 0.1) is 5.56 Å². The van der Waals surface area contributed by atoms with Gasteiger partial charge >= 0.3 is 5.97 Å². The molecule has 0 aliphatic heterocycles. The van der Waals surface area contributed by atoms with Crippen LogP contribution in [0.5, 0.6) is 0 Å². The van der Waals surface area contributed by atoms with Crippen LogP contribution in [0.2, 0.25) is 0 Å². The lowest BCUT2D eigenvalue weighted by Gasteiger charge is -2.06. The number of nitrogens with zero attached hydrogens (tertiary/aromatic N) is 2. The summed E-state index contributed by atoms with van der Waals surface area (Å²) < 4.78 is 1.88. The summed E-state index contributed by atoms with van der Waals surface area (Å²) in [7, 11) is 0. The minimum atomic E-state index is -1.01. The number of carboxylic acid groups (broad SMARTS) is 1. The van der Waals surface area contributed by atoms with Gasteiger partial charge in [-0.1, -0.05) is 6.07 Å². The molecule has 0 aliphatic carbocycles. The van der Waals surface area contributed by atoms with Gasteiger partial charge in [-0.3, -0.25) is 4.79 Å². The van der Waals surface area contributed by atoms with Crippen LogP contribution in [0.1, 0.15) is 26.3 Å². The average molecular weight is 295 g/mol. The first-order chi connectivity index (χ1) is 10.6. The molecular formula is C16H13N3O3. The van der Waals surface area contributed by atoms with E-state index in [-0.39, 0.29) is 11.5 Å². The van der Waals surface area contributed by atoms with Crippen LogP contribution < -0.4 is 5.32 Å². The number of fused-ring (bicyclic) bond motifs is 1. The van der Waals surface area contributed by atoms with Crippen LogP contribution in [0.3, 0.4) is 0 Å². The number of imidazole rings is 1. The van der Waals surface area contributed by atoms with Crippen molar-refractivity contribution in [3.05, 3.63) is 71.7 Å². The number of pyridine rings is 1. The molecule has 0 saturated heterocycles. The third-order valence-corrected chi connectivity index (χ3v) is 3.30. The van der Waals surface area contributed by atoms with Gasteiger partial charge in [0.15, 0.2) is 0 Å². The molecule has 2 aromatic heterocycles. The topological polar surface area (TPSA) is 83.7 Å². The first kappa shape index (κ1) is 13.8. The number of nitrogens with one attached hydrogen (secondary N) is 1. The Kier molecular flexibility index (Phi) is 3.57. The van der Waals surface area contributed by atoms with E-state index in [2.05, 4.69) is 10.3 Å². The molecular weight excluding hydrogens is 282 g/mol. The molecule has 0 aliphatic rings. The second-order valence-electron chi connectivity index (χ2n) is 4.80. The van der Waals surface area contributed by atoms with Crippen LogP contribution in [0.4, 0.5) is 0 Å². The van der Waals surface area contributed by atoms with E-state index in [1.54, 1.807) is 6.20 Å². The molecule has 0 unspecified atom stereocenters. The number of amides is 1.